The molecule has 0 spiro atoms. The zero-order chi connectivity index (χ0) is 12.5. The number of halogens is 1. The van der Waals surface area contributed by atoms with Crippen molar-refractivity contribution in [1.82, 2.24) is 5.32 Å². The zero-order valence-electron chi connectivity index (χ0n) is 10.5. The maximum absolute atomic E-state index is 5.61. The molecule has 0 radical (unpaired) electrons. The molecule has 0 unspecified atom stereocenters. The first-order valence-electron chi connectivity index (χ1n) is 5.97. The Bertz CT molecular complexity index is 331. The van der Waals surface area contributed by atoms with Crippen molar-refractivity contribution in [3.05, 3.63) is 28.2 Å². The minimum absolute atomic E-state index is 0.582. The standard InChI is InChI=1S/C13H20BrNO2/c1-3-15-10-11-5-6-13(12(14)9-11)17-8-7-16-4-2/h5-6,9,15H,3-4,7-8,10H2,1-2H3. The third-order valence-electron chi connectivity index (χ3n) is 2.26. The fraction of sp³-hybridized carbons (Fsp3) is 0.538. The number of hydrogen-bond donors (Lipinski definition) is 1. The minimum Gasteiger partial charge on any atom is -0.490 e. The van der Waals surface area contributed by atoms with E-state index in [1.807, 2.05) is 13.0 Å². The zero-order valence-corrected chi connectivity index (χ0v) is 12.0. The molecule has 1 N–H and O–H groups in total. The molecular weight excluding hydrogens is 282 g/mol. The SMILES string of the molecule is CCNCc1ccc(OCCOCC)c(Br)c1. The van der Waals surface area contributed by atoms with Crippen LogP contribution < -0.4 is 10.1 Å². The van der Waals surface area contributed by atoms with Crippen LogP contribution in [0.3, 0.4) is 0 Å². The highest BCUT2D eigenvalue weighted by Gasteiger charge is 2.02. The van der Waals surface area contributed by atoms with E-state index in [2.05, 4.69) is 40.3 Å². The number of nitrogens with one attached hydrogen (secondary N) is 1. The maximum atomic E-state index is 5.61. The second-order valence-electron chi connectivity index (χ2n) is 3.59. The minimum atomic E-state index is 0.582. The molecule has 0 atom stereocenters. The molecule has 0 bridgehead atoms. The summed E-state index contributed by atoms with van der Waals surface area (Å²) in [6.45, 7) is 7.87. The van der Waals surface area contributed by atoms with E-state index in [-0.39, 0.29) is 0 Å². The molecule has 0 fully saturated rings. The van der Waals surface area contributed by atoms with Crippen LogP contribution in [0.2, 0.25) is 0 Å². The van der Waals surface area contributed by atoms with E-state index >= 15 is 0 Å². The van der Waals surface area contributed by atoms with E-state index in [1.165, 1.54) is 5.56 Å². The van der Waals surface area contributed by atoms with E-state index in [1.54, 1.807) is 0 Å². The van der Waals surface area contributed by atoms with Crippen molar-refractivity contribution in [2.45, 2.75) is 20.4 Å². The monoisotopic (exact) mass is 301 g/mol. The van der Waals surface area contributed by atoms with Gasteiger partial charge in [-0.2, -0.15) is 0 Å². The van der Waals surface area contributed by atoms with Gasteiger partial charge in [0.15, 0.2) is 0 Å². The predicted octanol–water partition coefficient (Wildman–Crippen LogP) is 2.97. The lowest BCUT2D eigenvalue weighted by molar-refractivity contribution is 0.110. The Morgan fingerprint density at radius 2 is 2.06 bits per heavy atom. The summed E-state index contributed by atoms with van der Waals surface area (Å²) in [5, 5.41) is 3.29. The molecule has 0 amide bonds. The van der Waals surface area contributed by atoms with Gasteiger partial charge in [0.1, 0.15) is 12.4 Å². The molecule has 0 aliphatic heterocycles. The van der Waals surface area contributed by atoms with Crippen LogP contribution in [0.5, 0.6) is 5.75 Å². The van der Waals surface area contributed by atoms with Crippen molar-refractivity contribution >= 4 is 15.9 Å². The van der Waals surface area contributed by atoms with Crippen LogP contribution in [-0.2, 0) is 11.3 Å². The Morgan fingerprint density at radius 3 is 2.71 bits per heavy atom. The van der Waals surface area contributed by atoms with Gasteiger partial charge >= 0.3 is 0 Å². The number of rotatable bonds is 8. The Kier molecular flexibility index (Phi) is 7.24. The van der Waals surface area contributed by atoms with E-state index < -0.39 is 0 Å². The van der Waals surface area contributed by atoms with Gasteiger partial charge in [-0.3, -0.25) is 0 Å². The van der Waals surface area contributed by atoms with Crippen molar-refractivity contribution in [3.63, 3.8) is 0 Å². The van der Waals surface area contributed by atoms with Gasteiger partial charge in [-0.15, -0.1) is 0 Å². The van der Waals surface area contributed by atoms with Gasteiger partial charge in [-0.05, 0) is 47.1 Å². The van der Waals surface area contributed by atoms with Crippen LogP contribution in [0.1, 0.15) is 19.4 Å². The van der Waals surface area contributed by atoms with E-state index in [4.69, 9.17) is 9.47 Å². The molecule has 0 aliphatic carbocycles. The normalized spacial score (nSPS) is 10.5. The van der Waals surface area contributed by atoms with Gasteiger partial charge in [0.2, 0.25) is 0 Å². The summed E-state index contributed by atoms with van der Waals surface area (Å²) in [6.07, 6.45) is 0. The molecule has 96 valence electrons. The van der Waals surface area contributed by atoms with Gasteiger partial charge in [0.05, 0.1) is 11.1 Å². The lowest BCUT2D eigenvalue weighted by Crippen LogP contribution is -2.11. The number of benzene rings is 1. The summed E-state index contributed by atoms with van der Waals surface area (Å²) in [5.41, 5.74) is 1.25. The van der Waals surface area contributed by atoms with Gasteiger partial charge in [0.25, 0.3) is 0 Å². The number of ether oxygens (including phenoxy) is 2. The molecule has 1 aromatic rings. The average Bonchev–Trinajstić information content (AvgIpc) is 2.34. The largest absolute Gasteiger partial charge is 0.490 e. The second kappa shape index (κ2) is 8.50. The average molecular weight is 302 g/mol. The van der Waals surface area contributed by atoms with Gasteiger partial charge in [-0.25, -0.2) is 0 Å². The quantitative estimate of drug-likeness (QED) is 0.749. The highest BCUT2D eigenvalue weighted by Crippen LogP contribution is 2.25. The molecule has 1 rings (SSSR count). The van der Waals surface area contributed by atoms with E-state index in [0.717, 1.165) is 29.9 Å². The van der Waals surface area contributed by atoms with Crippen molar-refractivity contribution < 1.29 is 9.47 Å². The van der Waals surface area contributed by atoms with Crippen molar-refractivity contribution in [2.75, 3.05) is 26.4 Å². The summed E-state index contributed by atoms with van der Waals surface area (Å²) in [5.74, 6) is 0.866. The van der Waals surface area contributed by atoms with Gasteiger partial charge < -0.3 is 14.8 Å². The fourth-order valence-corrected chi connectivity index (χ4v) is 1.94. The van der Waals surface area contributed by atoms with Crippen LogP contribution in [-0.4, -0.2) is 26.4 Å². The van der Waals surface area contributed by atoms with Crippen LogP contribution in [0.4, 0.5) is 0 Å². The summed E-state index contributed by atoms with van der Waals surface area (Å²) in [4.78, 5) is 0. The molecule has 0 saturated carbocycles. The molecule has 0 saturated heterocycles. The first-order chi connectivity index (χ1) is 8.27. The van der Waals surface area contributed by atoms with Gasteiger partial charge in [0, 0.05) is 13.2 Å². The number of hydrogen-bond acceptors (Lipinski definition) is 3. The first-order valence-corrected chi connectivity index (χ1v) is 6.77. The highest BCUT2D eigenvalue weighted by molar-refractivity contribution is 9.10. The van der Waals surface area contributed by atoms with E-state index in [0.29, 0.717) is 13.2 Å². The molecule has 3 nitrogen and oxygen atoms in total. The molecule has 0 aromatic heterocycles. The smallest absolute Gasteiger partial charge is 0.133 e. The Morgan fingerprint density at radius 1 is 1.24 bits per heavy atom. The fourth-order valence-electron chi connectivity index (χ4n) is 1.40. The lowest BCUT2D eigenvalue weighted by Gasteiger charge is -2.10. The maximum Gasteiger partial charge on any atom is 0.133 e. The third kappa shape index (κ3) is 5.52. The van der Waals surface area contributed by atoms with Crippen molar-refractivity contribution in [3.8, 4) is 5.75 Å². The molecule has 4 heteroatoms. The van der Waals surface area contributed by atoms with Crippen LogP contribution in [0.15, 0.2) is 22.7 Å². The van der Waals surface area contributed by atoms with Crippen LogP contribution >= 0.6 is 15.9 Å². The Labute approximate surface area is 112 Å². The van der Waals surface area contributed by atoms with E-state index in [9.17, 15) is 0 Å². The van der Waals surface area contributed by atoms with Crippen molar-refractivity contribution in [2.24, 2.45) is 0 Å². The topological polar surface area (TPSA) is 30.5 Å². The van der Waals surface area contributed by atoms with Crippen LogP contribution in [0.25, 0.3) is 0 Å². The van der Waals surface area contributed by atoms with Gasteiger partial charge in [-0.1, -0.05) is 13.0 Å². The third-order valence-corrected chi connectivity index (χ3v) is 2.88. The summed E-state index contributed by atoms with van der Waals surface area (Å²) >= 11 is 3.51. The summed E-state index contributed by atoms with van der Waals surface area (Å²) in [7, 11) is 0. The molecular formula is C13H20BrNO2. The predicted molar refractivity (Wildman–Crippen MR) is 73.5 cm³/mol. The first kappa shape index (κ1) is 14.5. The lowest BCUT2D eigenvalue weighted by atomic mass is 10.2. The summed E-state index contributed by atoms with van der Waals surface area (Å²) < 4.78 is 11.8. The molecule has 0 aliphatic rings. The Balaban J connectivity index is 2.45. The van der Waals surface area contributed by atoms with Crippen LogP contribution in [0, 0.1) is 0 Å². The highest BCUT2D eigenvalue weighted by atomic mass is 79.9. The molecule has 0 heterocycles. The van der Waals surface area contributed by atoms with Crippen molar-refractivity contribution in [1.29, 1.82) is 0 Å². The summed E-state index contributed by atoms with van der Waals surface area (Å²) in [6, 6.07) is 6.14. The Hall–Kier alpha value is -0.580. The second-order valence-corrected chi connectivity index (χ2v) is 4.44. The molecule has 1 aromatic carbocycles. The molecule has 17 heavy (non-hydrogen) atoms.